The molecule has 0 aromatic heterocycles. The average molecular weight is 368 g/mol. The summed E-state index contributed by atoms with van der Waals surface area (Å²) in [7, 11) is 2.15. The predicted octanol–water partition coefficient (Wildman–Crippen LogP) is 2.30. The lowest BCUT2D eigenvalue weighted by atomic mass is 9.98. The summed E-state index contributed by atoms with van der Waals surface area (Å²) in [6.07, 6.45) is 3.06. The molecule has 22 heavy (non-hydrogen) atoms. The molecular weight excluding hydrogens is 346 g/mol. The SMILES string of the molecule is CN1C2CCC1C(Br)C(OC(=O)[C@H](CO)c1ccccc1)C2. The van der Waals surface area contributed by atoms with Crippen LogP contribution in [0, 0.1) is 0 Å². The molecule has 2 heterocycles. The molecule has 1 aromatic carbocycles. The second-order valence-corrected chi connectivity index (χ2v) is 7.32. The number of rotatable bonds is 4. The molecule has 5 heteroatoms. The number of piperidine rings is 1. The zero-order chi connectivity index (χ0) is 15.7. The number of esters is 1. The van der Waals surface area contributed by atoms with Crippen LogP contribution in [0.15, 0.2) is 30.3 Å². The molecule has 2 bridgehead atoms. The summed E-state index contributed by atoms with van der Waals surface area (Å²) >= 11 is 3.72. The molecule has 3 rings (SSSR count). The van der Waals surface area contributed by atoms with Crippen LogP contribution in [0.3, 0.4) is 0 Å². The Labute approximate surface area is 139 Å². The Kier molecular flexibility index (Phi) is 4.85. The summed E-state index contributed by atoms with van der Waals surface area (Å²) in [6.45, 7) is -0.227. The highest BCUT2D eigenvalue weighted by Crippen LogP contribution is 2.39. The van der Waals surface area contributed by atoms with Gasteiger partial charge < -0.3 is 9.84 Å². The number of hydrogen-bond acceptors (Lipinski definition) is 4. The molecule has 5 atom stereocenters. The van der Waals surface area contributed by atoms with Crippen molar-refractivity contribution in [2.24, 2.45) is 0 Å². The lowest BCUT2D eigenvalue weighted by Gasteiger charge is -2.40. The summed E-state index contributed by atoms with van der Waals surface area (Å²) in [5.74, 6) is -0.926. The summed E-state index contributed by atoms with van der Waals surface area (Å²) in [5.41, 5.74) is 0.803. The van der Waals surface area contributed by atoms with Crippen molar-refractivity contribution in [3.8, 4) is 0 Å². The largest absolute Gasteiger partial charge is 0.461 e. The minimum absolute atomic E-state index is 0.112. The molecule has 1 N–H and O–H groups in total. The maximum absolute atomic E-state index is 12.5. The molecule has 0 aliphatic carbocycles. The zero-order valence-corrected chi connectivity index (χ0v) is 14.3. The van der Waals surface area contributed by atoms with Crippen LogP contribution in [0.1, 0.15) is 30.7 Å². The second kappa shape index (κ2) is 6.69. The van der Waals surface area contributed by atoms with E-state index in [0.29, 0.717) is 12.1 Å². The second-order valence-electron chi connectivity index (χ2n) is 6.27. The highest BCUT2D eigenvalue weighted by atomic mass is 79.9. The molecule has 120 valence electrons. The van der Waals surface area contributed by atoms with Crippen LogP contribution in [0.2, 0.25) is 0 Å². The Bertz CT molecular complexity index is 524. The third kappa shape index (κ3) is 2.94. The van der Waals surface area contributed by atoms with E-state index in [2.05, 4.69) is 27.9 Å². The molecule has 2 saturated heterocycles. The predicted molar refractivity (Wildman–Crippen MR) is 88.1 cm³/mol. The van der Waals surface area contributed by atoms with E-state index in [9.17, 15) is 9.90 Å². The Hall–Kier alpha value is -0.910. The van der Waals surface area contributed by atoms with Gasteiger partial charge in [-0.25, -0.2) is 0 Å². The molecule has 0 spiro atoms. The van der Waals surface area contributed by atoms with E-state index < -0.39 is 5.92 Å². The van der Waals surface area contributed by atoms with E-state index in [1.165, 1.54) is 6.42 Å². The van der Waals surface area contributed by atoms with Crippen molar-refractivity contribution >= 4 is 21.9 Å². The van der Waals surface area contributed by atoms with Crippen molar-refractivity contribution in [1.29, 1.82) is 0 Å². The topological polar surface area (TPSA) is 49.8 Å². The smallest absolute Gasteiger partial charge is 0.316 e. The van der Waals surface area contributed by atoms with Gasteiger partial charge >= 0.3 is 5.97 Å². The van der Waals surface area contributed by atoms with E-state index >= 15 is 0 Å². The van der Waals surface area contributed by atoms with Gasteiger partial charge in [0, 0.05) is 18.5 Å². The van der Waals surface area contributed by atoms with Crippen molar-refractivity contribution in [3.05, 3.63) is 35.9 Å². The zero-order valence-electron chi connectivity index (χ0n) is 12.7. The minimum atomic E-state index is -0.599. The first-order valence-corrected chi connectivity index (χ1v) is 8.75. The van der Waals surface area contributed by atoms with Crippen molar-refractivity contribution in [1.82, 2.24) is 4.90 Å². The molecule has 2 fully saturated rings. The van der Waals surface area contributed by atoms with Gasteiger partial charge in [-0.3, -0.25) is 9.69 Å². The summed E-state index contributed by atoms with van der Waals surface area (Å²) < 4.78 is 5.77. The van der Waals surface area contributed by atoms with Crippen LogP contribution < -0.4 is 0 Å². The van der Waals surface area contributed by atoms with Gasteiger partial charge in [-0.2, -0.15) is 0 Å². The van der Waals surface area contributed by atoms with Gasteiger partial charge in [0.25, 0.3) is 0 Å². The molecule has 1 aromatic rings. The number of benzene rings is 1. The van der Waals surface area contributed by atoms with Gasteiger partial charge in [-0.15, -0.1) is 0 Å². The molecule has 0 radical (unpaired) electrons. The number of aliphatic hydroxyl groups is 1. The number of nitrogens with zero attached hydrogens (tertiary/aromatic N) is 1. The first kappa shape index (κ1) is 16.0. The maximum atomic E-state index is 12.5. The molecule has 2 aliphatic heterocycles. The van der Waals surface area contributed by atoms with Gasteiger partial charge in [0.2, 0.25) is 0 Å². The Morgan fingerprint density at radius 3 is 2.82 bits per heavy atom. The van der Waals surface area contributed by atoms with Crippen molar-refractivity contribution in [3.63, 3.8) is 0 Å². The molecule has 2 aliphatic rings. The Morgan fingerprint density at radius 2 is 2.14 bits per heavy atom. The Morgan fingerprint density at radius 1 is 1.41 bits per heavy atom. The van der Waals surface area contributed by atoms with Crippen LogP contribution in [-0.2, 0) is 9.53 Å². The van der Waals surface area contributed by atoms with E-state index in [4.69, 9.17) is 4.74 Å². The molecular formula is C17H22BrNO3. The minimum Gasteiger partial charge on any atom is -0.461 e. The lowest BCUT2D eigenvalue weighted by molar-refractivity contribution is -0.154. The third-order valence-electron chi connectivity index (χ3n) is 5.06. The average Bonchev–Trinajstić information content (AvgIpc) is 2.79. The fourth-order valence-corrected chi connectivity index (χ4v) is 4.66. The van der Waals surface area contributed by atoms with Gasteiger partial charge in [0.05, 0.1) is 11.4 Å². The lowest BCUT2D eigenvalue weighted by Crippen LogP contribution is -2.51. The van der Waals surface area contributed by atoms with Crippen LogP contribution in [0.5, 0.6) is 0 Å². The number of alkyl halides is 1. The van der Waals surface area contributed by atoms with E-state index in [-0.39, 0.29) is 23.5 Å². The molecule has 4 nitrogen and oxygen atoms in total. The van der Waals surface area contributed by atoms with Gasteiger partial charge in [0.1, 0.15) is 12.0 Å². The summed E-state index contributed by atoms with van der Waals surface area (Å²) in [5, 5.41) is 9.58. The van der Waals surface area contributed by atoms with Gasteiger partial charge in [0.15, 0.2) is 0 Å². The fraction of sp³-hybridized carbons (Fsp3) is 0.588. The van der Waals surface area contributed by atoms with Crippen molar-refractivity contribution < 1.29 is 14.6 Å². The first-order valence-electron chi connectivity index (χ1n) is 7.84. The van der Waals surface area contributed by atoms with E-state index in [0.717, 1.165) is 18.4 Å². The van der Waals surface area contributed by atoms with Crippen LogP contribution in [-0.4, -0.2) is 52.6 Å². The number of carbonyl (C=O) groups excluding carboxylic acids is 1. The van der Waals surface area contributed by atoms with Crippen LogP contribution in [0.4, 0.5) is 0 Å². The normalized spacial score (nSPS) is 32.7. The van der Waals surface area contributed by atoms with Crippen LogP contribution >= 0.6 is 15.9 Å². The number of halogens is 1. The molecule has 0 amide bonds. The Balaban J connectivity index is 1.69. The standard InChI is InChI=1S/C17H22BrNO3/c1-19-12-7-8-14(19)16(18)15(9-12)22-17(21)13(10-20)11-5-3-2-4-6-11/h2-6,12-16,20H,7-10H2,1H3/t12?,13-,14?,15?,16?/m1/s1. The fourth-order valence-electron chi connectivity index (χ4n) is 3.70. The number of carbonyl (C=O) groups is 1. The number of ether oxygens (including phenoxy) is 1. The monoisotopic (exact) mass is 367 g/mol. The first-order chi connectivity index (χ1) is 10.6. The number of fused-ring (bicyclic) bond motifs is 2. The maximum Gasteiger partial charge on any atom is 0.316 e. The van der Waals surface area contributed by atoms with Crippen molar-refractivity contribution in [2.45, 2.75) is 48.2 Å². The van der Waals surface area contributed by atoms with E-state index in [1.807, 2.05) is 30.3 Å². The number of aliphatic hydroxyl groups excluding tert-OH is 1. The highest BCUT2D eigenvalue weighted by molar-refractivity contribution is 9.09. The molecule has 4 unspecified atom stereocenters. The quantitative estimate of drug-likeness (QED) is 0.655. The summed E-state index contributed by atoms with van der Waals surface area (Å²) in [6, 6.07) is 10.3. The van der Waals surface area contributed by atoms with Gasteiger partial charge in [-0.1, -0.05) is 46.3 Å². The van der Waals surface area contributed by atoms with E-state index in [1.54, 1.807) is 0 Å². The number of hydrogen-bond donors (Lipinski definition) is 1. The third-order valence-corrected chi connectivity index (χ3v) is 6.26. The van der Waals surface area contributed by atoms with Crippen molar-refractivity contribution in [2.75, 3.05) is 13.7 Å². The van der Waals surface area contributed by atoms with Crippen LogP contribution in [0.25, 0.3) is 0 Å². The van der Waals surface area contributed by atoms with Gasteiger partial charge in [-0.05, 0) is 25.5 Å². The molecule has 0 saturated carbocycles. The highest BCUT2D eigenvalue weighted by Gasteiger charge is 2.46. The summed E-state index contributed by atoms with van der Waals surface area (Å²) in [4.78, 5) is 15.0.